The zero-order valence-electron chi connectivity index (χ0n) is 9.26. The number of carboxylic acid groups (broad SMARTS) is 1. The Morgan fingerprint density at radius 3 is 2.50 bits per heavy atom. The fraction of sp³-hybridized carbons (Fsp3) is 0.667. The largest absolute Gasteiger partial charge is 1.00 e. The van der Waals surface area contributed by atoms with Gasteiger partial charge in [0, 0.05) is 5.57 Å². The molecule has 0 aromatic heterocycles. The van der Waals surface area contributed by atoms with Crippen molar-refractivity contribution in [3.63, 3.8) is 0 Å². The van der Waals surface area contributed by atoms with Crippen molar-refractivity contribution in [1.82, 2.24) is 0 Å². The van der Waals surface area contributed by atoms with E-state index >= 15 is 0 Å². The van der Waals surface area contributed by atoms with Gasteiger partial charge in [0.1, 0.15) is 0 Å². The van der Waals surface area contributed by atoms with E-state index < -0.39 is 5.97 Å². The average molecular weight is 180 g/mol. The molecular weight excluding hydrogens is 163 g/mol. The predicted molar refractivity (Wildman–Crippen MR) is 46.6 cm³/mol. The average Bonchev–Trinajstić information content (AvgIpc) is 1.97. The first kappa shape index (κ1) is 14.7. The van der Waals surface area contributed by atoms with Gasteiger partial charge in [0.2, 0.25) is 0 Å². The molecule has 0 heterocycles. The van der Waals surface area contributed by atoms with Gasteiger partial charge in [-0.1, -0.05) is 25.8 Å². The smallest absolute Gasteiger partial charge is 1.00 e. The molecular formula is C9H17NaO2. The maximum absolute atomic E-state index is 10.3. The molecule has 0 rings (SSSR count). The number of carbonyl (C=O) groups is 1. The summed E-state index contributed by atoms with van der Waals surface area (Å²) in [6, 6.07) is 0. The number of hydrogen-bond acceptors (Lipinski definition) is 1. The maximum Gasteiger partial charge on any atom is 1.00 e. The van der Waals surface area contributed by atoms with E-state index in [1.165, 1.54) is 12.8 Å². The molecule has 12 heavy (non-hydrogen) atoms. The van der Waals surface area contributed by atoms with Crippen LogP contribution in [0.5, 0.6) is 0 Å². The molecule has 0 fully saturated rings. The Morgan fingerprint density at radius 2 is 2.08 bits per heavy atom. The summed E-state index contributed by atoms with van der Waals surface area (Å²) in [6.07, 6.45) is 6.15. The summed E-state index contributed by atoms with van der Waals surface area (Å²) in [5, 5.41) is 8.47. The molecule has 0 bridgehead atoms. The summed E-state index contributed by atoms with van der Waals surface area (Å²) in [5.74, 6) is -0.804. The maximum atomic E-state index is 10.3. The molecule has 1 N–H and O–H groups in total. The second kappa shape index (κ2) is 9.30. The quantitative estimate of drug-likeness (QED) is 0.359. The SMILES string of the molecule is CCCCCC=C(C)C(=O)O.[H-].[Na+]. The van der Waals surface area contributed by atoms with E-state index in [1.807, 2.05) is 0 Å². The number of allylic oxidation sites excluding steroid dienone is 1. The molecule has 0 aromatic rings. The standard InChI is InChI=1S/C9H16O2.Na.H/c1-3-4-5-6-7-8(2)9(10)11;;/h7H,3-6H2,1-2H3,(H,10,11);;/q;+1;-1. The molecule has 0 spiro atoms. The van der Waals surface area contributed by atoms with Crippen LogP contribution >= 0.6 is 0 Å². The summed E-state index contributed by atoms with van der Waals surface area (Å²) < 4.78 is 0. The summed E-state index contributed by atoms with van der Waals surface area (Å²) in [5.41, 5.74) is 0.459. The minimum atomic E-state index is -0.804. The van der Waals surface area contributed by atoms with E-state index in [4.69, 9.17) is 5.11 Å². The summed E-state index contributed by atoms with van der Waals surface area (Å²) >= 11 is 0. The number of carboxylic acids is 1. The van der Waals surface area contributed by atoms with Gasteiger partial charge < -0.3 is 6.53 Å². The molecule has 0 atom stereocenters. The molecule has 0 aliphatic carbocycles. The van der Waals surface area contributed by atoms with Gasteiger partial charge in [-0.3, -0.25) is 0 Å². The van der Waals surface area contributed by atoms with Crippen LogP contribution in [0.15, 0.2) is 11.6 Å². The molecule has 0 saturated heterocycles. The van der Waals surface area contributed by atoms with Crippen LogP contribution in [0.4, 0.5) is 0 Å². The van der Waals surface area contributed by atoms with Gasteiger partial charge in [-0.05, 0) is 19.8 Å². The molecule has 66 valence electrons. The molecule has 0 aliphatic rings. The van der Waals surface area contributed by atoms with E-state index in [9.17, 15) is 4.79 Å². The van der Waals surface area contributed by atoms with Gasteiger partial charge in [-0.25, -0.2) is 4.79 Å². The molecule has 0 amide bonds. The van der Waals surface area contributed by atoms with Crippen molar-refractivity contribution in [2.24, 2.45) is 0 Å². The van der Waals surface area contributed by atoms with Crippen LogP contribution < -0.4 is 29.6 Å². The monoisotopic (exact) mass is 180 g/mol. The second-order valence-electron chi connectivity index (χ2n) is 2.69. The molecule has 3 heteroatoms. The third kappa shape index (κ3) is 8.31. The number of hydrogen-bond donors (Lipinski definition) is 1. The van der Waals surface area contributed by atoms with Gasteiger partial charge in [0.25, 0.3) is 0 Å². The summed E-state index contributed by atoms with van der Waals surface area (Å²) in [6.45, 7) is 3.77. The Kier molecular flexibility index (Phi) is 11.4. The van der Waals surface area contributed by atoms with Crippen LogP contribution in [0.1, 0.15) is 41.0 Å². The third-order valence-corrected chi connectivity index (χ3v) is 1.60. The van der Waals surface area contributed by atoms with Crippen molar-refractivity contribution in [1.29, 1.82) is 0 Å². The van der Waals surface area contributed by atoms with Gasteiger partial charge in [0.05, 0.1) is 0 Å². The zero-order chi connectivity index (χ0) is 8.69. The first-order chi connectivity index (χ1) is 5.18. The van der Waals surface area contributed by atoms with E-state index in [2.05, 4.69) is 6.92 Å². The second-order valence-corrected chi connectivity index (χ2v) is 2.69. The van der Waals surface area contributed by atoms with Gasteiger partial charge in [0.15, 0.2) is 0 Å². The molecule has 0 aromatic carbocycles. The number of rotatable bonds is 5. The van der Waals surface area contributed by atoms with Crippen LogP contribution in [0, 0.1) is 0 Å². The van der Waals surface area contributed by atoms with Crippen molar-refractivity contribution < 1.29 is 40.9 Å². The van der Waals surface area contributed by atoms with E-state index in [-0.39, 0.29) is 31.0 Å². The first-order valence-electron chi connectivity index (χ1n) is 4.08. The van der Waals surface area contributed by atoms with E-state index in [1.54, 1.807) is 13.0 Å². The number of aliphatic carboxylic acids is 1. The van der Waals surface area contributed by atoms with Crippen molar-refractivity contribution >= 4 is 5.97 Å². The predicted octanol–water partition coefficient (Wildman–Crippen LogP) is -0.286. The van der Waals surface area contributed by atoms with Gasteiger partial charge in [-0.15, -0.1) is 0 Å². The zero-order valence-corrected chi connectivity index (χ0v) is 10.3. The fourth-order valence-electron chi connectivity index (χ4n) is 0.800. The Balaban J connectivity index is -0.000000500. The molecule has 0 unspecified atom stereocenters. The summed E-state index contributed by atoms with van der Waals surface area (Å²) in [4.78, 5) is 10.3. The Morgan fingerprint density at radius 1 is 1.50 bits per heavy atom. The van der Waals surface area contributed by atoms with Crippen LogP contribution in [0.3, 0.4) is 0 Å². The van der Waals surface area contributed by atoms with Crippen LogP contribution in [-0.4, -0.2) is 11.1 Å². The minimum absolute atomic E-state index is 0. The molecule has 2 nitrogen and oxygen atoms in total. The van der Waals surface area contributed by atoms with Crippen molar-refractivity contribution in [3.8, 4) is 0 Å². The van der Waals surface area contributed by atoms with Gasteiger partial charge >= 0.3 is 35.5 Å². The number of unbranched alkanes of at least 4 members (excludes halogenated alkanes) is 3. The van der Waals surface area contributed by atoms with Crippen LogP contribution in [-0.2, 0) is 4.79 Å². The Bertz CT molecular complexity index is 158. The molecule has 0 aliphatic heterocycles. The summed E-state index contributed by atoms with van der Waals surface area (Å²) in [7, 11) is 0. The van der Waals surface area contributed by atoms with Crippen molar-refractivity contribution in [2.75, 3.05) is 0 Å². The van der Waals surface area contributed by atoms with Gasteiger partial charge in [-0.2, -0.15) is 0 Å². The third-order valence-electron chi connectivity index (χ3n) is 1.60. The minimum Gasteiger partial charge on any atom is -1.00 e. The van der Waals surface area contributed by atoms with Crippen LogP contribution in [0.2, 0.25) is 0 Å². The van der Waals surface area contributed by atoms with Crippen LogP contribution in [0.25, 0.3) is 0 Å². The van der Waals surface area contributed by atoms with E-state index in [0.717, 1.165) is 12.8 Å². The van der Waals surface area contributed by atoms with Crippen molar-refractivity contribution in [2.45, 2.75) is 39.5 Å². The topological polar surface area (TPSA) is 37.3 Å². The van der Waals surface area contributed by atoms with Crippen molar-refractivity contribution in [3.05, 3.63) is 11.6 Å². The first-order valence-corrected chi connectivity index (χ1v) is 4.08. The Hall–Kier alpha value is 0.210. The normalized spacial score (nSPS) is 10.7. The van der Waals surface area contributed by atoms with E-state index in [0.29, 0.717) is 5.57 Å². The fourth-order valence-corrected chi connectivity index (χ4v) is 0.800. The molecule has 0 radical (unpaired) electrons. The molecule has 0 saturated carbocycles. The Labute approximate surface area is 97.8 Å².